The van der Waals surface area contributed by atoms with Crippen molar-refractivity contribution in [1.82, 2.24) is 4.90 Å². The van der Waals surface area contributed by atoms with Gasteiger partial charge in [0.1, 0.15) is 0 Å². The van der Waals surface area contributed by atoms with Gasteiger partial charge >= 0.3 is 0 Å². The van der Waals surface area contributed by atoms with Crippen LogP contribution in [0.1, 0.15) is 25.7 Å². The van der Waals surface area contributed by atoms with Gasteiger partial charge in [-0.2, -0.15) is 11.8 Å². The number of hydrogen-bond donors (Lipinski definition) is 1. The molecule has 1 rings (SSSR count). The highest BCUT2D eigenvalue weighted by Crippen LogP contribution is 2.20. The Morgan fingerprint density at radius 3 is 3.07 bits per heavy atom. The Morgan fingerprint density at radius 1 is 1.67 bits per heavy atom. The SMILES string of the molecule is CN(C(=O)CSCCCO)C1=CCCC1. The summed E-state index contributed by atoms with van der Waals surface area (Å²) in [5.74, 6) is 1.55. The Morgan fingerprint density at radius 2 is 2.47 bits per heavy atom. The first-order valence-corrected chi connectivity index (χ1v) is 6.55. The first-order valence-electron chi connectivity index (χ1n) is 5.40. The summed E-state index contributed by atoms with van der Waals surface area (Å²) >= 11 is 1.59. The van der Waals surface area contributed by atoms with Crippen molar-refractivity contribution in [3.8, 4) is 0 Å². The van der Waals surface area contributed by atoms with Gasteiger partial charge in [0, 0.05) is 19.4 Å². The summed E-state index contributed by atoms with van der Waals surface area (Å²) in [7, 11) is 1.85. The lowest BCUT2D eigenvalue weighted by molar-refractivity contribution is -0.125. The molecule has 1 amide bonds. The zero-order valence-electron chi connectivity index (χ0n) is 9.24. The third-order valence-corrected chi connectivity index (χ3v) is 3.52. The predicted octanol–water partition coefficient (Wildman–Crippen LogP) is 1.63. The molecule has 0 bridgehead atoms. The zero-order chi connectivity index (χ0) is 11.1. The average molecular weight is 229 g/mol. The Labute approximate surface area is 95.5 Å². The van der Waals surface area contributed by atoms with E-state index in [0.717, 1.165) is 25.0 Å². The highest BCUT2D eigenvalue weighted by Gasteiger charge is 2.15. The molecule has 0 saturated heterocycles. The average Bonchev–Trinajstić information content (AvgIpc) is 2.76. The molecule has 0 saturated carbocycles. The molecule has 0 atom stereocenters. The fraction of sp³-hybridized carbons (Fsp3) is 0.727. The molecule has 0 aromatic rings. The minimum atomic E-state index is 0.172. The standard InChI is InChI=1S/C11H19NO2S/c1-12(10-5-2-3-6-10)11(14)9-15-8-4-7-13/h5,13H,2-4,6-9H2,1H3. The van der Waals surface area contributed by atoms with Crippen LogP contribution in [0.2, 0.25) is 0 Å². The summed E-state index contributed by atoms with van der Waals surface area (Å²) in [6.45, 7) is 0.210. The summed E-state index contributed by atoms with van der Waals surface area (Å²) < 4.78 is 0. The molecule has 3 nitrogen and oxygen atoms in total. The molecule has 86 valence electrons. The van der Waals surface area contributed by atoms with Crippen molar-refractivity contribution in [3.05, 3.63) is 11.8 Å². The van der Waals surface area contributed by atoms with E-state index in [1.54, 1.807) is 16.7 Å². The van der Waals surface area contributed by atoms with Gasteiger partial charge in [0.05, 0.1) is 5.75 Å². The van der Waals surface area contributed by atoms with Gasteiger partial charge in [-0.3, -0.25) is 4.79 Å². The number of rotatable bonds is 6. The maximum atomic E-state index is 11.7. The molecule has 0 unspecified atom stereocenters. The highest BCUT2D eigenvalue weighted by molar-refractivity contribution is 7.99. The molecule has 0 heterocycles. The summed E-state index contributed by atoms with van der Waals surface area (Å²) in [5, 5.41) is 8.60. The molecule has 1 aliphatic rings. The van der Waals surface area contributed by atoms with E-state index >= 15 is 0 Å². The number of amides is 1. The van der Waals surface area contributed by atoms with E-state index in [-0.39, 0.29) is 12.5 Å². The van der Waals surface area contributed by atoms with Crippen LogP contribution in [0.5, 0.6) is 0 Å². The van der Waals surface area contributed by atoms with E-state index in [2.05, 4.69) is 6.08 Å². The van der Waals surface area contributed by atoms with Crippen molar-refractivity contribution < 1.29 is 9.90 Å². The predicted molar refractivity (Wildman–Crippen MR) is 63.7 cm³/mol. The number of carbonyl (C=O) groups excluding carboxylic acids is 1. The van der Waals surface area contributed by atoms with Gasteiger partial charge in [-0.25, -0.2) is 0 Å². The lowest BCUT2D eigenvalue weighted by Crippen LogP contribution is -2.27. The zero-order valence-corrected chi connectivity index (χ0v) is 10.1. The summed E-state index contributed by atoms with van der Waals surface area (Å²) in [6, 6.07) is 0. The summed E-state index contributed by atoms with van der Waals surface area (Å²) in [4.78, 5) is 13.5. The fourth-order valence-electron chi connectivity index (χ4n) is 1.54. The van der Waals surface area contributed by atoms with Crippen LogP contribution in [0.25, 0.3) is 0 Å². The van der Waals surface area contributed by atoms with E-state index in [4.69, 9.17) is 5.11 Å². The largest absolute Gasteiger partial charge is 0.396 e. The quantitative estimate of drug-likeness (QED) is 0.704. The van der Waals surface area contributed by atoms with Crippen molar-refractivity contribution in [1.29, 1.82) is 0 Å². The van der Waals surface area contributed by atoms with Gasteiger partial charge in [-0.05, 0) is 31.4 Å². The molecule has 0 aromatic carbocycles. The van der Waals surface area contributed by atoms with Crippen LogP contribution in [-0.2, 0) is 4.79 Å². The van der Waals surface area contributed by atoms with Gasteiger partial charge in [-0.1, -0.05) is 6.08 Å². The second kappa shape index (κ2) is 6.90. The molecule has 0 aliphatic heterocycles. The van der Waals surface area contributed by atoms with E-state index < -0.39 is 0 Å². The van der Waals surface area contributed by atoms with Crippen LogP contribution in [0, 0.1) is 0 Å². The van der Waals surface area contributed by atoms with Gasteiger partial charge in [0.2, 0.25) is 5.91 Å². The monoisotopic (exact) mass is 229 g/mol. The summed E-state index contributed by atoms with van der Waals surface area (Å²) in [6.07, 6.45) is 6.22. The number of hydrogen-bond acceptors (Lipinski definition) is 3. The molecular formula is C11H19NO2S. The Kier molecular flexibility index (Phi) is 5.79. The van der Waals surface area contributed by atoms with Crippen molar-refractivity contribution >= 4 is 17.7 Å². The Balaban J connectivity index is 2.21. The number of aliphatic hydroxyl groups is 1. The number of aliphatic hydroxyl groups excluding tert-OH is 1. The van der Waals surface area contributed by atoms with Crippen molar-refractivity contribution in [3.63, 3.8) is 0 Å². The Hall–Kier alpha value is -0.480. The molecule has 0 radical (unpaired) electrons. The summed E-state index contributed by atoms with van der Waals surface area (Å²) in [5.41, 5.74) is 1.17. The fourth-order valence-corrected chi connectivity index (χ4v) is 2.39. The third-order valence-electron chi connectivity index (χ3n) is 2.49. The molecule has 15 heavy (non-hydrogen) atoms. The topological polar surface area (TPSA) is 40.5 Å². The smallest absolute Gasteiger partial charge is 0.236 e. The normalized spacial score (nSPS) is 15.2. The van der Waals surface area contributed by atoms with Crippen LogP contribution in [0.4, 0.5) is 0 Å². The molecule has 1 aliphatic carbocycles. The highest BCUT2D eigenvalue weighted by atomic mass is 32.2. The Bertz CT molecular complexity index is 241. The van der Waals surface area contributed by atoms with Crippen LogP contribution in [0.15, 0.2) is 11.8 Å². The maximum Gasteiger partial charge on any atom is 0.236 e. The lowest BCUT2D eigenvalue weighted by atomic mass is 10.3. The number of carbonyl (C=O) groups is 1. The van der Waals surface area contributed by atoms with Gasteiger partial charge in [0.15, 0.2) is 0 Å². The van der Waals surface area contributed by atoms with Crippen LogP contribution in [-0.4, -0.2) is 41.1 Å². The molecule has 0 aromatic heterocycles. The second-order valence-corrected chi connectivity index (χ2v) is 4.78. The van der Waals surface area contributed by atoms with Crippen molar-refractivity contribution in [2.75, 3.05) is 25.2 Å². The first kappa shape index (κ1) is 12.6. The third kappa shape index (κ3) is 4.26. The van der Waals surface area contributed by atoms with Gasteiger partial charge in [0.25, 0.3) is 0 Å². The molecule has 4 heteroatoms. The lowest BCUT2D eigenvalue weighted by Gasteiger charge is -2.18. The number of thioether (sulfide) groups is 1. The first-order chi connectivity index (χ1) is 7.25. The molecule has 0 fully saturated rings. The van der Waals surface area contributed by atoms with E-state index in [1.165, 1.54) is 12.1 Å². The molecule has 1 N–H and O–H groups in total. The minimum absolute atomic E-state index is 0.172. The maximum absolute atomic E-state index is 11.7. The van der Waals surface area contributed by atoms with Crippen LogP contribution in [0.3, 0.4) is 0 Å². The second-order valence-electron chi connectivity index (χ2n) is 3.67. The van der Waals surface area contributed by atoms with E-state index in [1.807, 2.05) is 7.05 Å². The minimum Gasteiger partial charge on any atom is -0.396 e. The van der Waals surface area contributed by atoms with Crippen molar-refractivity contribution in [2.45, 2.75) is 25.7 Å². The molecule has 0 spiro atoms. The molecular weight excluding hydrogens is 210 g/mol. The van der Waals surface area contributed by atoms with Crippen molar-refractivity contribution in [2.24, 2.45) is 0 Å². The van der Waals surface area contributed by atoms with Gasteiger partial charge in [-0.15, -0.1) is 0 Å². The van der Waals surface area contributed by atoms with Gasteiger partial charge < -0.3 is 10.0 Å². The van der Waals surface area contributed by atoms with Crippen LogP contribution < -0.4 is 0 Å². The van der Waals surface area contributed by atoms with E-state index in [9.17, 15) is 4.79 Å². The van der Waals surface area contributed by atoms with Crippen LogP contribution >= 0.6 is 11.8 Å². The van der Waals surface area contributed by atoms with E-state index in [0.29, 0.717) is 5.75 Å². The number of allylic oxidation sites excluding steroid dienone is 2. The number of nitrogens with zero attached hydrogens (tertiary/aromatic N) is 1.